The summed E-state index contributed by atoms with van der Waals surface area (Å²) in [6.07, 6.45) is 5.71. The number of hydrogen-bond donors (Lipinski definition) is 0. The molecule has 2 saturated heterocycles. The van der Waals surface area contributed by atoms with Crippen molar-refractivity contribution in [1.29, 1.82) is 0 Å². The van der Waals surface area contributed by atoms with Crippen molar-refractivity contribution in [3.8, 4) is 0 Å². The molecule has 0 aromatic heterocycles. The Kier molecular flexibility index (Phi) is 3.33. The molecule has 0 aromatic rings. The lowest BCUT2D eigenvalue weighted by Gasteiger charge is -2.49. The third-order valence-corrected chi connectivity index (χ3v) is 4.29. The van der Waals surface area contributed by atoms with E-state index in [-0.39, 0.29) is 0 Å². The van der Waals surface area contributed by atoms with Crippen molar-refractivity contribution in [2.45, 2.75) is 65.0 Å². The van der Waals surface area contributed by atoms with E-state index in [2.05, 4.69) is 32.6 Å². The highest BCUT2D eigenvalue weighted by Gasteiger charge is 2.47. The van der Waals surface area contributed by atoms with Crippen molar-refractivity contribution in [1.82, 2.24) is 4.90 Å². The van der Waals surface area contributed by atoms with Crippen LogP contribution >= 0.6 is 0 Å². The summed E-state index contributed by atoms with van der Waals surface area (Å²) < 4.78 is 5.94. The Hall–Kier alpha value is -0.0800. The van der Waals surface area contributed by atoms with Gasteiger partial charge in [-0.05, 0) is 58.0 Å². The first-order chi connectivity index (χ1) is 7.44. The third kappa shape index (κ3) is 2.43. The molecule has 0 bridgehead atoms. The molecule has 2 rings (SSSR count). The number of fused-ring (bicyclic) bond motifs is 1. The first-order valence-electron chi connectivity index (χ1n) is 6.80. The molecule has 0 N–H and O–H groups in total. The normalized spacial score (nSPS) is 34.3. The molecule has 2 aliphatic heterocycles. The maximum Gasteiger partial charge on any atom is 0.0654 e. The average Bonchev–Trinajstić information content (AvgIpc) is 2.56. The van der Waals surface area contributed by atoms with Gasteiger partial charge in [-0.1, -0.05) is 13.8 Å². The molecule has 2 heterocycles. The molecule has 1 unspecified atom stereocenters. The molecule has 0 radical (unpaired) electrons. The van der Waals surface area contributed by atoms with E-state index in [1.54, 1.807) is 0 Å². The summed E-state index contributed by atoms with van der Waals surface area (Å²) in [6.45, 7) is 12.6. The van der Waals surface area contributed by atoms with Crippen molar-refractivity contribution >= 4 is 0 Å². The highest BCUT2D eigenvalue weighted by Crippen LogP contribution is 2.45. The second-order valence-electron chi connectivity index (χ2n) is 6.77. The minimum atomic E-state index is 0.363. The smallest absolute Gasteiger partial charge is 0.0654 e. The minimum Gasteiger partial charge on any atom is -0.377 e. The molecule has 2 fully saturated rings. The number of nitrogens with zero attached hydrogens (tertiary/aromatic N) is 1. The van der Waals surface area contributed by atoms with Gasteiger partial charge in [-0.3, -0.25) is 4.90 Å². The summed E-state index contributed by atoms with van der Waals surface area (Å²) in [5, 5.41) is 0. The zero-order chi connectivity index (χ0) is 11.8. The van der Waals surface area contributed by atoms with Crippen LogP contribution in [0.3, 0.4) is 0 Å². The average molecular weight is 225 g/mol. The third-order valence-electron chi connectivity index (χ3n) is 4.29. The van der Waals surface area contributed by atoms with Crippen molar-refractivity contribution in [2.24, 2.45) is 5.41 Å². The highest BCUT2D eigenvalue weighted by molar-refractivity contribution is 5.02. The predicted molar refractivity (Wildman–Crippen MR) is 67.6 cm³/mol. The largest absolute Gasteiger partial charge is 0.377 e. The van der Waals surface area contributed by atoms with E-state index in [1.807, 2.05) is 0 Å². The Bertz CT molecular complexity index is 249. The van der Waals surface area contributed by atoms with Gasteiger partial charge in [0.25, 0.3) is 0 Å². The minimum absolute atomic E-state index is 0.363. The number of hydrogen-bond acceptors (Lipinski definition) is 2. The van der Waals surface area contributed by atoms with Crippen LogP contribution in [0.4, 0.5) is 0 Å². The lowest BCUT2D eigenvalue weighted by atomic mass is 9.72. The molecule has 0 spiro atoms. The van der Waals surface area contributed by atoms with Crippen LogP contribution in [0.5, 0.6) is 0 Å². The number of rotatable bonds is 3. The molecule has 1 atom stereocenters. The van der Waals surface area contributed by atoms with Crippen molar-refractivity contribution in [3.63, 3.8) is 0 Å². The number of piperidine rings is 1. The van der Waals surface area contributed by atoms with Crippen LogP contribution in [0.15, 0.2) is 0 Å². The first-order valence-corrected chi connectivity index (χ1v) is 6.80. The van der Waals surface area contributed by atoms with E-state index in [4.69, 9.17) is 4.74 Å². The van der Waals surface area contributed by atoms with Crippen LogP contribution in [0.25, 0.3) is 0 Å². The van der Waals surface area contributed by atoms with Crippen LogP contribution in [-0.2, 0) is 4.74 Å². The SMILES string of the molecule is CC(C)OCC12CCCN1CCC(C)(C)C2. The van der Waals surface area contributed by atoms with Gasteiger partial charge in [0.2, 0.25) is 0 Å². The maximum atomic E-state index is 5.94. The van der Waals surface area contributed by atoms with Crippen LogP contribution in [-0.4, -0.2) is 36.2 Å². The van der Waals surface area contributed by atoms with Gasteiger partial charge in [0, 0.05) is 5.54 Å². The topological polar surface area (TPSA) is 12.5 Å². The fraction of sp³-hybridized carbons (Fsp3) is 1.00. The summed E-state index contributed by atoms with van der Waals surface area (Å²) in [4.78, 5) is 2.70. The van der Waals surface area contributed by atoms with Gasteiger partial charge in [0.1, 0.15) is 0 Å². The lowest BCUT2D eigenvalue weighted by molar-refractivity contribution is -0.0585. The van der Waals surface area contributed by atoms with Gasteiger partial charge in [-0.25, -0.2) is 0 Å². The van der Waals surface area contributed by atoms with Crippen molar-refractivity contribution in [3.05, 3.63) is 0 Å². The molecule has 0 aliphatic carbocycles. The summed E-state index contributed by atoms with van der Waals surface area (Å²) in [5.74, 6) is 0. The Morgan fingerprint density at radius 3 is 2.62 bits per heavy atom. The fourth-order valence-corrected chi connectivity index (χ4v) is 3.50. The first kappa shape index (κ1) is 12.4. The Balaban J connectivity index is 2.07. The lowest BCUT2D eigenvalue weighted by Crippen LogP contribution is -2.55. The van der Waals surface area contributed by atoms with Crippen LogP contribution < -0.4 is 0 Å². The van der Waals surface area contributed by atoms with Gasteiger partial charge in [-0.15, -0.1) is 0 Å². The Labute approximate surface area is 100 Å². The number of ether oxygens (including phenoxy) is 1. The van der Waals surface area contributed by atoms with E-state index in [1.165, 1.54) is 38.8 Å². The van der Waals surface area contributed by atoms with Crippen LogP contribution in [0, 0.1) is 5.41 Å². The molecule has 2 heteroatoms. The van der Waals surface area contributed by atoms with E-state index in [0.29, 0.717) is 17.1 Å². The van der Waals surface area contributed by atoms with Crippen molar-refractivity contribution < 1.29 is 4.74 Å². The molecule has 16 heavy (non-hydrogen) atoms. The molecule has 0 aromatic carbocycles. The Morgan fingerprint density at radius 1 is 1.19 bits per heavy atom. The zero-order valence-electron chi connectivity index (χ0n) is 11.4. The molecule has 2 aliphatic rings. The van der Waals surface area contributed by atoms with E-state index in [9.17, 15) is 0 Å². The summed E-state index contributed by atoms with van der Waals surface area (Å²) in [6, 6.07) is 0. The fourth-order valence-electron chi connectivity index (χ4n) is 3.50. The van der Waals surface area contributed by atoms with Crippen LogP contribution in [0.1, 0.15) is 53.4 Å². The monoisotopic (exact) mass is 225 g/mol. The molecule has 0 amide bonds. The molecular formula is C14H27NO. The van der Waals surface area contributed by atoms with Crippen molar-refractivity contribution in [2.75, 3.05) is 19.7 Å². The second kappa shape index (κ2) is 4.30. The van der Waals surface area contributed by atoms with Gasteiger partial charge < -0.3 is 4.74 Å². The quantitative estimate of drug-likeness (QED) is 0.732. The van der Waals surface area contributed by atoms with Gasteiger partial charge >= 0.3 is 0 Å². The summed E-state index contributed by atoms with van der Waals surface area (Å²) in [7, 11) is 0. The summed E-state index contributed by atoms with van der Waals surface area (Å²) >= 11 is 0. The summed E-state index contributed by atoms with van der Waals surface area (Å²) in [5.41, 5.74) is 0.868. The zero-order valence-corrected chi connectivity index (χ0v) is 11.4. The van der Waals surface area contributed by atoms with E-state index in [0.717, 1.165) is 6.61 Å². The van der Waals surface area contributed by atoms with Crippen LogP contribution in [0.2, 0.25) is 0 Å². The standard InChI is InChI=1S/C14H27NO/c1-12(2)16-11-14-6-5-8-15(14)9-7-13(3,4)10-14/h12H,5-11H2,1-4H3. The predicted octanol–water partition coefficient (Wildman–Crippen LogP) is 3.07. The van der Waals surface area contributed by atoms with Gasteiger partial charge in [0.05, 0.1) is 12.7 Å². The molecule has 94 valence electrons. The second-order valence-corrected chi connectivity index (χ2v) is 6.77. The highest BCUT2D eigenvalue weighted by atomic mass is 16.5. The van der Waals surface area contributed by atoms with E-state index < -0.39 is 0 Å². The Morgan fingerprint density at radius 2 is 1.94 bits per heavy atom. The molecule has 0 saturated carbocycles. The van der Waals surface area contributed by atoms with Gasteiger partial charge in [0.15, 0.2) is 0 Å². The van der Waals surface area contributed by atoms with E-state index >= 15 is 0 Å². The molecule has 2 nitrogen and oxygen atoms in total. The maximum absolute atomic E-state index is 5.94. The molecular weight excluding hydrogens is 198 g/mol. The van der Waals surface area contributed by atoms with Gasteiger partial charge in [-0.2, -0.15) is 0 Å².